The van der Waals surface area contributed by atoms with Crippen LogP contribution in [-0.4, -0.2) is 46.3 Å². The molecule has 0 unspecified atom stereocenters. The Morgan fingerprint density at radius 1 is 1.21 bits per heavy atom. The van der Waals surface area contributed by atoms with Crippen LogP contribution in [0, 0.1) is 5.92 Å². The molecule has 1 aliphatic heterocycles. The second-order valence-electron chi connectivity index (χ2n) is 8.30. The summed E-state index contributed by atoms with van der Waals surface area (Å²) < 4.78 is 11.3. The lowest BCUT2D eigenvalue weighted by molar-refractivity contribution is 0.0165. The van der Waals surface area contributed by atoms with Gasteiger partial charge in [0.2, 0.25) is 0 Å². The molecule has 6 nitrogen and oxygen atoms in total. The lowest BCUT2D eigenvalue weighted by atomic mass is 9.98. The summed E-state index contributed by atoms with van der Waals surface area (Å²) >= 11 is 3.47. The number of nitrogens with zero attached hydrogens (tertiary/aromatic N) is 3. The van der Waals surface area contributed by atoms with Crippen molar-refractivity contribution in [3.8, 4) is 17.1 Å². The Kier molecular flexibility index (Phi) is 7.11. The van der Waals surface area contributed by atoms with Gasteiger partial charge in [-0.05, 0) is 51.2 Å². The quantitative estimate of drug-likeness (QED) is 0.581. The van der Waals surface area contributed by atoms with Gasteiger partial charge in [-0.1, -0.05) is 34.1 Å². The van der Waals surface area contributed by atoms with E-state index >= 15 is 0 Å². The fourth-order valence-electron chi connectivity index (χ4n) is 3.16. The molecular formula is C22H28BrN3O3. The number of amides is 1. The highest BCUT2D eigenvalue weighted by atomic mass is 79.9. The molecule has 0 saturated carbocycles. The zero-order valence-electron chi connectivity index (χ0n) is 17.2. The van der Waals surface area contributed by atoms with E-state index in [0.29, 0.717) is 37.2 Å². The highest BCUT2D eigenvalue weighted by Crippen LogP contribution is 2.22. The number of halogens is 1. The largest absolute Gasteiger partial charge is 0.490 e. The number of carbonyl (C=O) groups is 1. The van der Waals surface area contributed by atoms with Crippen molar-refractivity contribution in [1.29, 1.82) is 0 Å². The normalized spacial score (nSPS) is 15.2. The molecule has 1 fully saturated rings. The van der Waals surface area contributed by atoms with E-state index < -0.39 is 5.60 Å². The summed E-state index contributed by atoms with van der Waals surface area (Å²) in [6.07, 6.45) is 5.01. The average molecular weight is 462 g/mol. The third-order valence-electron chi connectivity index (χ3n) is 4.72. The maximum atomic E-state index is 12.1. The number of carbonyl (C=O) groups excluding carboxylic acids is 1. The second kappa shape index (κ2) is 9.57. The first kappa shape index (κ1) is 21.6. The number of ether oxygens (including phenoxy) is 2. The van der Waals surface area contributed by atoms with Crippen molar-refractivity contribution < 1.29 is 14.3 Å². The minimum atomic E-state index is -0.460. The Morgan fingerprint density at radius 3 is 2.52 bits per heavy atom. The summed E-state index contributed by atoms with van der Waals surface area (Å²) in [7, 11) is 0. The minimum absolute atomic E-state index is 0.232. The van der Waals surface area contributed by atoms with Gasteiger partial charge in [-0.25, -0.2) is 14.8 Å². The van der Waals surface area contributed by atoms with Gasteiger partial charge in [0.15, 0.2) is 11.6 Å². The van der Waals surface area contributed by atoms with Crippen LogP contribution in [-0.2, 0) is 10.1 Å². The van der Waals surface area contributed by atoms with Crippen molar-refractivity contribution >= 4 is 22.0 Å². The number of hydrogen-bond acceptors (Lipinski definition) is 5. The van der Waals surface area contributed by atoms with Gasteiger partial charge in [-0.3, -0.25) is 0 Å². The van der Waals surface area contributed by atoms with Crippen LogP contribution >= 0.6 is 15.9 Å². The third-order valence-corrected chi connectivity index (χ3v) is 5.37. The summed E-state index contributed by atoms with van der Waals surface area (Å²) in [6.45, 7) is 7.65. The smallest absolute Gasteiger partial charge is 0.410 e. The number of alkyl halides is 1. The van der Waals surface area contributed by atoms with Gasteiger partial charge >= 0.3 is 6.09 Å². The number of aromatic nitrogens is 2. The van der Waals surface area contributed by atoms with Crippen molar-refractivity contribution in [1.82, 2.24) is 14.9 Å². The minimum Gasteiger partial charge on any atom is -0.490 e. The van der Waals surface area contributed by atoms with Gasteiger partial charge in [0.05, 0.1) is 19.0 Å². The first-order valence-corrected chi connectivity index (χ1v) is 11.0. The number of likely N-dealkylation sites (tertiary alicyclic amines) is 1. The van der Waals surface area contributed by atoms with E-state index in [1.54, 1.807) is 17.3 Å². The zero-order chi connectivity index (χ0) is 20.9. The highest BCUT2D eigenvalue weighted by Gasteiger charge is 2.27. The maximum absolute atomic E-state index is 12.1. The van der Waals surface area contributed by atoms with E-state index in [-0.39, 0.29) is 6.09 Å². The zero-order valence-corrected chi connectivity index (χ0v) is 18.8. The Morgan fingerprint density at radius 2 is 1.90 bits per heavy atom. The summed E-state index contributed by atoms with van der Waals surface area (Å²) in [5.74, 6) is 1.76. The second-order valence-corrected chi connectivity index (χ2v) is 8.86. The Bertz CT molecular complexity index is 813. The average Bonchev–Trinajstić information content (AvgIpc) is 2.72. The van der Waals surface area contributed by atoms with E-state index in [1.165, 1.54) is 5.56 Å². The molecule has 2 heterocycles. The molecule has 1 amide bonds. The number of piperidine rings is 1. The molecular weight excluding hydrogens is 434 g/mol. The Hall–Kier alpha value is -2.15. The first-order valence-electron chi connectivity index (χ1n) is 9.92. The topological polar surface area (TPSA) is 64.5 Å². The molecule has 0 spiro atoms. The SMILES string of the molecule is CC(C)(C)OC(=O)N1CCC(COc2cnc(-c3cccc(CBr)c3)nc2)CC1. The fraction of sp³-hybridized carbons (Fsp3) is 0.500. The van der Waals surface area contributed by atoms with Crippen LogP contribution in [0.5, 0.6) is 5.75 Å². The van der Waals surface area contributed by atoms with Crippen molar-refractivity contribution in [2.45, 2.75) is 44.5 Å². The molecule has 3 rings (SSSR count). The molecule has 0 radical (unpaired) electrons. The maximum Gasteiger partial charge on any atom is 0.410 e. The van der Waals surface area contributed by atoms with Crippen LogP contribution < -0.4 is 4.74 Å². The molecule has 1 aromatic heterocycles. The van der Waals surface area contributed by atoms with Crippen LogP contribution in [0.15, 0.2) is 36.7 Å². The highest BCUT2D eigenvalue weighted by molar-refractivity contribution is 9.08. The fourth-order valence-corrected chi connectivity index (χ4v) is 3.50. The summed E-state index contributed by atoms with van der Waals surface area (Å²) in [5.41, 5.74) is 1.71. The van der Waals surface area contributed by atoms with Crippen LogP contribution in [0.25, 0.3) is 11.4 Å². The lowest BCUT2D eigenvalue weighted by Gasteiger charge is -2.33. The van der Waals surface area contributed by atoms with Crippen molar-refractivity contribution in [2.75, 3.05) is 19.7 Å². The van der Waals surface area contributed by atoms with Gasteiger partial charge in [0, 0.05) is 24.0 Å². The monoisotopic (exact) mass is 461 g/mol. The van der Waals surface area contributed by atoms with Crippen molar-refractivity contribution in [2.24, 2.45) is 5.92 Å². The van der Waals surface area contributed by atoms with Crippen LogP contribution in [0.4, 0.5) is 4.79 Å². The molecule has 1 aromatic carbocycles. The summed E-state index contributed by atoms with van der Waals surface area (Å²) in [4.78, 5) is 22.8. The van der Waals surface area contributed by atoms with E-state index in [0.717, 1.165) is 23.7 Å². The van der Waals surface area contributed by atoms with E-state index in [1.807, 2.05) is 32.9 Å². The van der Waals surface area contributed by atoms with E-state index in [4.69, 9.17) is 9.47 Å². The number of hydrogen-bond donors (Lipinski definition) is 0. The van der Waals surface area contributed by atoms with Gasteiger partial charge in [0.25, 0.3) is 0 Å². The molecule has 0 atom stereocenters. The molecule has 1 aliphatic rings. The number of benzene rings is 1. The molecule has 2 aromatic rings. The van der Waals surface area contributed by atoms with Crippen LogP contribution in [0.2, 0.25) is 0 Å². The van der Waals surface area contributed by atoms with Crippen LogP contribution in [0.3, 0.4) is 0 Å². The predicted molar refractivity (Wildman–Crippen MR) is 116 cm³/mol. The van der Waals surface area contributed by atoms with E-state index in [9.17, 15) is 4.79 Å². The van der Waals surface area contributed by atoms with Gasteiger partial charge in [0.1, 0.15) is 5.60 Å². The Labute approximate surface area is 180 Å². The van der Waals surface area contributed by atoms with Gasteiger partial charge < -0.3 is 14.4 Å². The predicted octanol–water partition coefficient (Wildman–Crippen LogP) is 5.06. The van der Waals surface area contributed by atoms with Crippen LogP contribution in [0.1, 0.15) is 39.2 Å². The first-order chi connectivity index (χ1) is 13.8. The lowest BCUT2D eigenvalue weighted by Crippen LogP contribution is -2.42. The Balaban J connectivity index is 1.47. The molecule has 156 valence electrons. The van der Waals surface area contributed by atoms with Crippen molar-refractivity contribution in [3.63, 3.8) is 0 Å². The molecule has 7 heteroatoms. The van der Waals surface area contributed by atoms with Gasteiger partial charge in [-0.15, -0.1) is 0 Å². The molecule has 29 heavy (non-hydrogen) atoms. The number of rotatable bonds is 5. The van der Waals surface area contributed by atoms with Crippen molar-refractivity contribution in [3.05, 3.63) is 42.2 Å². The third kappa shape index (κ3) is 6.42. The molecule has 0 bridgehead atoms. The van der Waals surface area contributed by atoms with Gasteiger partial charge in [-0.2, -0.15) is 0 Å². The molecule has 0 N–H and O–H groups in total. The summed E-state index contributed by atoms with van der Waals surface area (Å²) in [5, 5.41) is 0.800. The molecule has 0 aliphatic carbocycles. The standard InChI is InChI=1S/C22H28BrN3O3/c1-22(2,3)29-21(27)26-9-7-16(8-10-26)15-28-19-13-24-20(25-14-19)18-6-4-5-17(11-18)12-23/h4-6,11,13-14,16H,7-10,12,15H2,1-3H3. The summed E-state index contributed by atoms with van der Waals surface area (Å²) in [6, 6.07) is 8.14. The molecule has 1 saturated heterocycles. The van der Waals surface area contributed by atoms with E-state index in [2.05, 4.69) is 38.0 Å².